The third-order valence-corrected chi connectivity index (χ3v) is 7.90. The Hall–Kier alpha value is -1.64. The minimum Gasteiger partial charge on any atom is -0.305 e. The molecule has 0 bridgehead atoms. The zero-order valence-electron chi connectivity index (χ0n) is 22.6. The van der Waals surface area contributed by atoms with Crippen LogP contribution in [-0.2, 0) is 23.9 Å². The maximum atomic E-state index is 4.04. The van der Waals surface area contributed by atoms with Crippen LogP contribution in [-0.4, -0.2) is 12.1 Å². The van der Waals surface area contributed by atoms with Crippen LogP contribution in [0.3, 0.4) is 0 Å². The molecule has 0 heterocycles. The monoisotopic (exact) mass is 460 g/mol. The molecule has 2 nitrogen and oxygen atoms in total. The van der Waals surface area contributed by atoms with Gasteiger partial charge in [0.1, 0.15) is 0 Å². The zero-order valence-corrected chi connectivity index (χ0v) is 22.6. The predicted octanol–water partition coefficient (Wildman–Crippen LogP) is 7.50. The van der Waals surface area contributed by atoms with Gasteiger partial charge in [0.05, 0.1) is 0 Å². The van der Waals surface area contributed by atoms with Crippen molar-refractivity contribution >= 4 is 0 Å². The molecule has 2 heteroatoms. The van der Waals surface area contributed by atoms with E-state index in [1.165, 1.54) is 62.5 Å². The quantitative estimate of drug-likeness (QED) is 0.323. The first-order chi connectivity index (χ1) is 16.2. The molecule has 2 saturated carbocycles. The van der Waals surface area contributed by atoms with E-state index in [4.69, 9.17) is 0 Å². The molecule has 2 aromatic carbocycles. The van der Waals surface area contributed by atoms with E-state index in [1.807, 2.05) is 0 Å². The van der Waals surface area contributed by atoms with E-state index >= 15 is 0 Å². The summed E-state index contributed by atoms with van der Waals surface area (Å²) in [4.78, 5) is 0. The van der Waals surface area contributed by atoms with Gasteiger partial charge in [0.25, 0.3) is 0 Å². The number of benzene rings is 2. The third kappa shape index (κ3) is 6.32. The van der Waals surface area contributed by atoms with Gasteiger partial charge in [-0.3, -0.25) is 0 Å². The second kappa shape index (κ2) is 10.5. The number of nitrogens with one attached hydrogen (secondary N) is 2. The van der Waals surface area contributed by atoms with Gasteiger partial charge in [-0.15, -0.1) is 0 Å². The average Bonchev–Trinajstić information content (AvgIpc) is 3.70. The maximum Gasteiger partial charge on any atom is 0.0440 e. The fraction of sp³-hybridized carbons (Fsp3) is 0.625. The smallest absolute Gasteiger partial charge is 0.0440 e. The van der Waals surface area contributed by atoms with E-state index in [1.54, 1.807) is 11.1 Å². The molecular formula is C32H48N2. The molecule has 0 aliphatic heterocycles. The Morgan fingerprint density at radius 2 is 1.44 bits per heavy atom. The molecule has 0 amide bonds. The lowest BCUT2D eigenvalue weighted by Crippen LogP contribution is -2.37. The van der Waals surface area contributed by atoms with Crippen molar-refractivity contribution in [2.45, 2.75) is 116 Å². The van der Waals surface area contributed by atoms with Gasteiger partial charge in [0.15, 0.2) is 0 Å². The van der Waals surface area contributed by atoms with Gasteiger partial charge in [0, 0.05) is 23.2 Å². The Bertz CT molecular complexity index is 936. The van der Waals surface area contributed by atoms with E-state index in [9.17, 15) is 0 Å². The summed E-state index contributed by atoms with van der Waals surface area (Å²) in [5.74, 6) is 1.41. The van der Waals surface area contributed by atoms with Crippen LogP contribution in [0.25, 0.3) is 0 Å². The zero-order chi connectivity index (χ0) is 24.3. The topological polar surface area (TPSA) is 24.1 Å². The number of hydrogen-bond donors (Lipinski definition) is 2. The van der Waals surface area contributed by atoms with Gasteiger partial charge in [0.2, 0.25) is 0 Å². The van der Waals surface area contributed by atoms with Gasteiger partial charge in [-0.25, -0.2) is 0 Å². The first-order valence-corrected chi connectivity index (χ1v) is 13.9. The van der Waals surface area contributed by atoms with Crippen LogP contribution in [0.15, 0.2) is 48.5 Å². The molecule has 2 unspecified atom stereocenters. The number of hydrogen-bond acceptors (Lipinski definition) is 2. The van der Waals surface area contributed by atoms with Gasteiger partial charge in [-0.2, -0.15) is 0 Å². The fourth-order valence-electron chi connectivity index (χ4n) is 6.00. The molecule has 34 heavy (non-hydrogen) atoms. The van der Waals surface area contributed by atoms with Crippen molar-refractivity contribution in [3.63, 3.8) is 0 Å². The second-order valence-corrected chi connectivity index (χ2v) is 12.4. The molecule has 0 aromatic heterocycles. The van der Waals surface area contributed by atoms with Gasteiger partial charge >= 0.3 is 0 Å². The van der Waals surface area contributed by atoms with Crippen LogP contribution in [0.1, 0.15) is 102 Å². The molecule has 0 spiro atoms. The summed E-state index contributed by atoms with van der Waals surface area (Å²) in [6.07, 6.45) is 9.98. The summed E-state index contributed by atoms with van der Waals surface area (Å²) in [7, 11) is 0. The summed E-state index contributed by atoms with van der Waals surface area (Å²) in [6.45, 7) is 14.0. The molecule has 0 radical (unpaired) electrons. The van der Waals surface area contributed by atoms with E-state index < -0.39 is 0 Å². The van der Waals surface area contributed by atoms with Crippen molar-refractivity contribution in [2.24, 2.45) is 11.8 Å². The Morgan fingerprint density at radius 1 is 0.735 bits per heavy atom. The van der Waals surface area contributed by atoms with Gasteiger partial charge in [-0.05, 0) is 92.4 Å². The van der Waals surface area contributed by atoms with Crippen LogP contribution in [0.4, 0.5) is 0 Å². The summed E-state index contributed by atoms with van der Waals surface area (Å²) >= 11 is 0. The van der Waals surface area contributed by atoms with E-state index in [2.05, 4.69) is 101 Å². The minimum atomic E-state index is 0.225. The summed E-state index contributed by atoms with van der Waals surface area (Å²) in [6, 6.07) is 19.6. The van der Waals surface area contributed by atoms with E-state index in [0.717, 1.165) is 0 Å². The fourth-order valence-corrected chi connectivity index (χ4v) is 6.00. The average molecular weight is 461 g/mol. The van der Waals surface area contributed by atoms with E-state index in [0.29, 0.717) is 23.9 Å². The van der Waals surface area contributed by atoms with Crippen LogP contribution in [0.2, 0.25) is 0 Å². The van der Waals surface area contributed by atoms with E-state index in [-0.39, 0.29) is 11.1 Å². The highest BCUT2D eigenvalue weighted by Gasteiger charge is 2.46. The summed E-state index contributed by atoms with van der Waals surface area (Å²) < 4.78 is 0. The lowest BCUT2D eigenvalue weighted by molar-refractivity contribution is 0.381. The molecule has 2 aromatic rings. The molecule has 2 atom stereocenters. The number of rotatable bonds is 13. The molecule has 2 N–H and O–H groups in total. The Morgan fingerprint density at radius 3 is 2.09 bits per heavy atom. The molecule has 2 aliphatic rings. The van der Waals surface area contributed by atoms with Crippen LogP contribution < -0.4 is 10.6 Å². The molecule has 2 aliphatic carbocycles. The van der Waals surface area contributed by atoms with Crippen molar-refractivity contribution < 1.29 is 0 Å². The minimum absolute atomic E-state index is 0.225. The largest absolute Gasteiger partial charge is 0.305 e. The molecule has 186 valence electrons. The highest BCUT2D eigenvalue weighted by Crippen LogP contribution is 2.48. The maximum absolute atomic E-state index is 4.04. The summed E-state index contributed by atoms with van der Waals surface area (Å²) in [5, 5.41) is 7.90. The van der Waals surface area contributed by atoms with Crippen LogP contribution >= 0.6 is 0 Å². The SMILES string of the molecule is CC(C)Cc1cccc(C2(NC(C)CCC(C)Cc3ccccc3C3(NC(C)C)CC3)CC2)c1. The molecule has 4 rings (SSSR count). The Balaban J connectivity index is 1.31. The highest BCUT2D eigenvalue weighted by atomic mass is 15.1. The third-order valence-electron chi connectivity index (χ3n) is 7.90. The van der Waals surface area contributed by atoms with Crippen molar-refractivity contribution in [1.82, 2.24) is 10.6 Å². The molecular weight excluding hydrogens is 412 g/mol. The van der Waals surface area contributed by atoms with Gasteiger partial charge in [-0.1, -0.05) is 83.1 Å². The van der Waals surface area contributed by atoms with Crippen molar-refractivity contribution in [2.75, 3.05) is 0 Å². The van der Waals surface area contributed by atoms with Crippen molar-refractivity contribution in [3.8, 4) is 0 Å². The summed E-state index contributed by atoms with van der Waals surface area (Å²) in [5.41, 5.74) is 6.57. The normalized spacial score (nSPS) is 19.9. The van der Waals surface area contributed by atoms with Crippen LogP contribution in [0.5, 0.6) is 0 Å². The molecule has 2 fully saturated rings. The van der Waals surface area contributed by atoms with Crippen molar-refractivity contribution in [3.05, 3.63) is 70.8 Å². The highest BCUT2D eigenvalue weighted by molar-refractivity contribution is 5.38. The second-order valence-electron chi connectivity index (χ2n) is 12.4. The Kier molecular flexibility index (Phi) is 7.89. The van der Waals surface area contributed by atoms with Crippen molar-refractivity contribution in [1.29, 1.82) is 0 Å². The Labute approximate surface area is 209 Å². The first kappa shape index (κ1) is 25.5. The molecule has 0 saturated heterocycles. The lowest BCUT2D eigenvalue weighted by Gasteiger charge is -2.26. The standard InChI is InChI=1S/C32H48N2/c1-23(2)20-27-10-9-12-29(22-27)31(16-17-31)34-26(6)15-14-25(5)21-28-11-7-8-13-30(28)32(18-19-32)33-24(3)4/h7-13,22-26,33-34H,14-21H2,1-6H3. The first-order valence-electron chi connectivity index (χ1n) is 13.9. The van der Waals surface area contributed by atoms with Gasteiger partial charge < -0.3 is 10.6 Å². The predicted molar refractivity (Wildman–Crippen MR) is 146 cm³/mol. The lowest BCUT2D eigenvalue weighted by atomic mass is 9.89. The van der Waals surface area contributed by atoms with Crippen LogP contribution in [0, 0.1) is 11.8 Å².